The Morgan fingerprint density at radius 3 is 2.36 bits per heavy atom. The molecule has 1 aliphatic carbocycles. The highest BCUT2D eigenvalue weighted by Crippen LogP contribution is 2.39. The van der Waals surface area contributed by atoms with E-state index in [9.17, 15) is 9.90 Å². The van der Waals surface area contributed by atoms with Crippen molar-refractivity contribution in [2.45, 2.75) is 89.8 Å². The maximum absolute atomic E-state index is 12.5. The summed E-state index contributed by atoms with van der Waals surface area (Å²) >= 11 is 0. The van der Waals surface area contributed by atoms with E-state index in [2.05, 4.69) is 33.9 Å². The third-order valence-electron chi connectivity index (χ3n) is 5.94. The van der Waals surface area contributed by atoms with Crippen LogP contribution in [0.1, 0.15) is 53.4 Å². The third kappa shape index (κ3) is 3.41. The number of carbonyl (C=O) groups excluding carboxylic acids is 1. The molecule has 5 heteroatoms. The van der Waals surface area contributed by atoms with Gasteiger partial charge in [0.2, 0.25) is 5.91 Å². The van der Waals surface area contributed by atoms with Crippen LogP contribution < -0.4 is 0 Å². The topological polar surface area (TPSA) is 49.8 Å². The molecule has 0 aromatic carbocycles. The molecular formula is C17H33NO3Si. The van der Waals surface area contributed by atoms with Crippen molar-refractivity contribution in [3.8, 4) is 0 Å². The van der Waals surface area contributed by atoms with Crippen molar-refractivity contribution in [3.05, 3.63) is 0 Å². The molecular weight excluding hydrogens is 294 g/mol. The summed E-state index contributed by atoms with van der Waals surface area (Å²) in [5, 5.41) is 10.3. The number of amides is 1. The van der Waals surface area contributed by atoms with Gasteiger partial charge in [-0.1, -0.05) is 33.6 Å². The fourth-order valence-electron chi connectivity index (χ4n) is 3.31. The van der Waals surface area contributed by atoms with Gasteiger partial charge in [-0.15, -0.1) is 0 Å². The lowest BCUT2D eigenvalue weighted by Crippen LogP contribution is -2.64. The molecule has 2 fully saturated rings. The molecule has 22 heavy (non-hydrogen) atoms. The van der Waals surface area contributed by atoms with Crippen molar-refractivity contribution in [1.82, 2.24) is 4.90 Å². The monoisotopic (exact) mass is 327 g/mol. The second kappa shape index (κ2) is 6.25. The average Bonchev–Trinajstić information content (AvgIpc) is 2.37. The smallest absolute Gasteiger partial charge is 0.230 e. The maximum Gasteiger partial charge on any atom is 0.230 e. The third-order valence-corrected chi connectivity index (χ3v) is 10.5. The summed E-state index contributed by atoms with van der Waals surface area (Å²) in [4.78, 5) is 14.4. The molecule has 1 unspecified atom stereocenters. The summed E-state index contributed by atoms with van der Waals surface area (Å²) < 4.78 is 6.37. The van der Waals surface area contributed by atoms with Gasteiger partial charge in [-0.3, -0.25) is 4.79 Å². The lowest BCUT2D eigenvalue weighted by atomic mass is 9.85. The fraction of sp³-hybridized carbons (Fsp3) is 0.941. The van der Waals surface area contributed by atoms with Crippen LogP contribution in [0.4, 0.5) is 0 Å². The number of hydrogen-bond donors (Lipinski definition) is 1. The molecule has 0 bridgehead atoms. The van der Waals surface area contributed by atoms with E-state index in [4.69, 9.17) is 4.43 Å². The lowest BCUT2D eigenvalue weighted by Gasteiger charge is -2.50. The molecule has 1 heterocycles. The second-order valence-electron chi connectivity index (χ2n) is 8.60. The van der Waals surface area contributed by atoms with Gasteiger partial charge in [0.15, 0.2) is 8.32 Å². The van der Waals surface area contributed by atoms with Crippen LogP contribution in [0.3, 0.4) is 0 Å². The number of aliphatic hydroxyl groups is 1. The number of carbonyl (C=O) groups is 1. The van der Waals surface area contributed by atoms with Gasteiger partial charge in [0, 0.05) is 6.54 Å². The van der Waals surface area contributed by atoms with Crippen LogP contribution in [0.15, 0.2) is 0 Å². The first-order valence-electron chi connectivity index (χ1n) is 8.71. The van der Waals surface area contributed by atoms with Crippen molar-refractivity contribution in [2.24, 2.45) is 5.92 Å². The predicted molar refractivity (Wildman–Crippen MR) is 91.2 cm³/mol. The molecule has 2 rings (SSSR count). The van der Waals surface area contributed by atoms with Crippen molar-refractivity contribution >= 4 is 14.2 Å². The van der Waals surface area contributed by atoms with Gasteiger partial charge in [0.25, 0.3) is 0 Å². The van der Waals surface area contributed by atoms with Crippen LogP contribution in [0.25, 0.3) is 0 Å². The minimum atomic E-state index is -1.84. The highest BCUT2D eigenvalue weighted by molar-refractivity contribution is 6.74. The average molecular weight is 328 g/mol. The first kappa shape index (κ1) is 18.0. The largest absolute Gasteiger partial charge is 0.413 e. The molecule has 2 aliphatic rings. The Morgan fingerprint density at radius 2 is 1.86 bits per heavy atom. The molecule has 1 N–H and O–H groups in total. The van der Waals surface area contributed by atoms with Crippen molar-refractivity contribution in [3.63, 3.8) is 0 Å². The number of likely N-dealkylation sites (tertiary alicyclic amines) is 1. The Balaban J connectivity index is 1.92. The van der Waals surface area contributed by atoms with Gasteiger partial charge in [0.05, 0.1) is 24.2 Å². The lowest BCUT2D eigenvalue weighted by molar-refractivity contribution is -0.162. The van der Waals surface area contributed by atoms with Gasteiger partial charge in [0.1, 0.15) is 0 Å². The molecule has 1 saturated heterocycles. The first-order valence-corrected chi connectivity index (χ1v) is 11.6. The molecule has 1 saturated carbocycles. The summed E-state index contributed by atoms with van der Waals surface area (Å²) in [6, 6.07) is 0.0394. The summed E-state index contributed by atoms with van der Waals surface area (Å²) in [5.41, 5.74) is 0. The number of hydrogen-bond acceptors (Lipinski definition) is 3. The van der Waals surface area contributed by atoms with Gasteiger partial charge in [-0.25, -0.2) is 0 Å². The molecule has 1 aliphatic heterocycles. The standard InChI is InChI=1S/C17H33NO3Si/c1-12(21-22(5,6)17(2,3)4)13-11-18(16(13)20)14-9-7-8-10-15(14)19/h12-15,19H,7-11H2,1-6H3/t12-,13+,14?,15+/m1/s1. The normalized spacial score (nSPS) is 31.9. The number of β-lactam (4-membered cyclic amide) rings is 1. The van der Waals surface area contributed by atoms with E-state index in [-0.39, 0.29) is 35.1 Å². The highest BCUT2D eigenvalue weighted by Gasteiger charge is 2.48. The highest BCUT2D eigenvalue weighted by atomic mass is 28.4. The number of rotatable bonds is 4. The summed E-state index contributed by atoms with van der Waals surface area (Å²) in [5.74, 6) is 0.153. The Kier molecular flexibility index (Phi) is 5.10. The van der Waals surface area contributed by atoms with E-state index in [1.54, 1.807) is 0 Å². The van der Waals surface area contributed by atoms with E-state index >= 15 is 0 Å². The molecule has 4 atom stereocenters. The van der Waals surface area contributed by atoms with Crippen LogP contribution in [0, 0.1) is 5.92 Å². The van der Waals surface area contributed by atoms with Crippen LogP contribution in [0.2, 0.25) is 18.1 Å². The van der Waals surface area contributed by atoms with Crippen LogP contribution in [-0.2, 0) is 9.22 Å². The number of nitrogens with zero attached hydrogens (tertiary/aromatic N) is 1. The van der Waals surface area contributed by atoms with Crippen molar-refractivity contribution in [2.75, 3.05) is 6.54 Å². The van der Waals surface area contributed by atoms with E-state index < -0.39 is 8.32 Å². The zero-order valence-electron chi connectivity index (χ0n) is 15.1. The molecule has 128 valence electrons. The Labute approximate surface area is 136 Å². The fourth-order valence-corrected chi connectivity index (χ4v) is 4.75. The maximum atomic E-state index is 12.5. The summed E-state index contributed by atoms with van der Waals surface area (Å²) in [6.07, 6.45) is 3.60. The quantitative estimate of drug-likeness (QED) is 0.637. The SMILES string of the molecule is C[C@@H](O[Si](C)(C)C(C)(C)C)[C@@H]1CN(C2CCCC[C@@H]2O)C1=O. The Morgan fingerprint density at radius 1 is 1.27 bits per heavy atom. The van der Waals surface area contributed by atoms with Crippen molar-refractivity contribution < 1.29 is 14.3 Å². The second-order valence-corrected chi connectivity index (χ2v) is 13.4. The number of aliphatic hydroxyl groups excluding tert-OH is 1. The summed E-state index contributed by atoms with van der Waals surface area (Å²) in [6.45, 7) is 13.9. The van der Waals surface area contributed by atoms with E-state index in [1.807, 2.05) is 11.8 Å². The molecule has 0 radical (unpaired) electrons. The Hall–Kier alpha value is -0.393. The van der Waals surface area contributed by atoms with Crippen LogP contribution in [-0.4, -0.2) is 49.0 Å². The van der Waals surface area contributed by atoms with Gasteiger partial charge in [-0.2, -0.15) is 0 Å². The van der Waals surface area contributed by atoms with Crippen LogP contribution in [0.5, 0.6) is 0 Å². The van der Waals surface area contributed by atoms with E-state index in [0.717, 1.165) is 32.2 Å². The molecule has 0 aromatic heterocycles. The van der Waals surface area contributed by atoms with Gasteiger partial charge < -0.3 is 14.4 Å². The van der Waals surface area contributed by atoms with Crippen molar-refractivity contribution in [1.29, 1.82) is 0 Å². The Bertz CT molecular complexity index is 419. The van der Waals surface area contributed by atoms with Gasteiger partial charge >= 0.3 is 0 Å². The molecule has 0 aromatic rings. The predicted octanol–water partition coefficient (Wildman–Crippen LogP) is 3.16. The van der Waals surface area contributed by atoms with E-state index in [1.165, 1.54) is 0 Å². The molecule has 4 nitrogen and oxygen atoms in total. The molecule has 1 amide bonds. The molecule has 0 spiro atoms. The minimum absolute atomic E-state index is 0.0228. The zero-order chi connectivity index (χ0) is 16.7. The first-order chi connectivity index (χ1) is 10.0. The van der Waals surface area contributed by atoms with Gasteiger partial charge in [-0.05, 0) is 37.9 Å². The van der Waals surface area contributed by atoms with E-state index in [0.29, 0.717) is 0 Å². The zero-order valence-corrected chi connectivity index (χ0v) is 16.1. The summed E-state index contributed by atoms with van der Waals surface area (Å²) in [7, 11) is -1.84. The van der Waals surface area contributed by atoms with Crippen LogP contribution >= 0.6 is 0 Å². The minimum Gasteiger partial charge on any atom is -0.413 e.